The van der Waals surface area contributed by atoms with Crippen molar-refractivity contribution >= 4 is 6.29 Å². The zero-order valence-corrected chi connectivity index (χ0v) is 19.2. The van der Waals surface area contributed by atoms with Crippen molar-refractivity contribution in [2.24, 2.45) is 11.8 Å². The van der Waals surface area contributed by atoms with E-state index in [4.69, 9.17) is 14.9 Å². The third kappa shape index (κ3) is 10.7. The van der Waals surface area contributed by atoms with Crippen LogP contribution in [0.15, 0.2) is 42.5 Å². The molecule has 1 unspecified atom stereocenters. The number of methoxy groups -OCH3 is 1. The van der Waals surface area contributed by atoms with Crippen LogP contribution in [0.1, 0.15) is 51.7 Å². The summed E-state index contributed by atoms with van der Waals surface area (Å²) >= 11 is 0. The van der Waals surface area contributed by atoms with E-state index in [9.17, 15) is 9.90 Å². The van der Waals surface area contributed by atoms with Crippen molar-refractivity contribution in [1.29, 1.82) is 0 Å². The fourth-order valence-electron chi connectivity index (χ4n) is 2.74. The quantitative estimate of drug-likeness (QED) is 0.350. The first-order valence-corrected chi connectivity index (χ1v) is 10.5. The highest BCUT2D eigenvalue weighted by Crippen LogP contribution is 2.37. The molecule has 0 aromatic heterocycles. The summed E-state index contributed by atoms with van der Waals surface area (Å²) in [5, 5.41) is 26.3. The Hall–Kier alpha value is -1.95. The fourth-order valence-corrected chi connectivity index (χ4v) is 2.74. The van der Waals surface area contributed by atoms with Crippen LogP contribution in [0.2, 0.25) is 0 Å². The van der Waals surface area contributed by atoms with Crippen LogP contribution in [0.5, 0.6) is 5.75 Å². The highest BCUT2D eigenvalue weighted by Gasteiger charge is 2.27. The van der Waals surface area contributed by atoms with E-state index in [2.05, 4.69) is 38.6 Å². The van der Waals surface area contributed by atoms with E-state index in [-0.39, 0.29) is 24.5 Å². The summed E-state index contributed by atoms with van der Waals surface area (Å²) in [6, 6.07) is 6.00. The lowest BCUT2D eigenvalue weighted by Gasteiger charge is -2.32. The molecule has 1 aliphatic rings. The number of ether oxygens (including phenoxy) is 1. The minimum absolute atomic E-state index is 0.0463. The molecule has 1 aromatic carbocycles. The second kappa shape index (κ2) is 14.9. The van der Waals surface area contributed by atoms with E-state index in [1.165, 1.54) is 18.4 Å². The Kier molecular flexibility index (Phi) is 14.0. The lowest BCUT2D eigenvalue weighted by molar-refractivity contribution is -0.104. The number of rotatable bonds is 7. The lowest BCUT2D eigenvalue weighted by Crippen LogP contribution is -2.23. The number of aromatic hydroxyl groups is 1. The van der Waals surface area contributed by atoms with Gasteiger partial charge in [0, 0.05) is 31.7 Å². The second-order valence-electron chi connectivity index (χ2n) is 8.31. The van der Waals surface area contributed by atoms with Gasteiger partial charge in [0.15, 0.2) is 0 Å². The zero-order chi connectivity index (χ0) is 23.2. The fraction of sp³-hybridized carbons (Fsp3) is 0.560. The minimum Gasteiger partial charge on any atom is -0.508 e. The average Bonchev–Trinajstić information content (AvgIpc) is 2.75. The Bertz CT molecular complexity index is 664. The highest BCUT2D eigenvalue weighted by atomic mass is 16.5. The van der Waals surface area contributed by atoms with Crippen LogP contribution in [0.25, 0.3) is 0 Å². The molecule has 0 aliphatic heterocycles. The van der Waals surface area contributed by atoms with Crippen LogP contribution in [0.4, 0.5) is 0 Å². The molecule has 3 N–H and O–H groups in total. The molecular formula is C25H40O5. The number of aldehydes is 1. The van der Waals surface area contributed by atoms with Crippen LogP contribution in [0.3, 0.4) is 0 Å². The summed E-state index contributed by atoms with van der Waals surface area (Å²) in [5.41, 5.74) is 2.94. The molecule has 170 valence electrons. The molecule has 0 spiro atoms. The van der Waals surface area contributed by atoms with Crippen LogP contribution in [0, 0.1) is 11.8 Å². The van der Waals surface area contributed by atoms with Gasteiger partial charge in [-0.25, -0.2) is 0 Å². The third-order valence-corrected chi connectivity index (χ3v) is 5.05. The smallest absolute Gasteiger partial charge is 0.145 e. The Labute approximate surface area is 182 Å². The Morgan fingerprint density at radius 1 is 1.37 bits per heavy atom. The van der Waals surface area contributed by atoms with Crippen LogP contribution in [-0.2, 0) is 21.4 Å². The number of phenolic OH excluding ortho intramolecular Hbond substituents is 1. The molecule has 0 saturated carbocycles. The number of aliphatic hydroxyl groups excluding tert-OH is 2. The van der Waals surface area contributed by atoms with Crippen molar-refractivity contribution in [2.45, 2.75) is 52.4 Å². The van der Waals surface area contributed by atoms with Gasteiger partial charge in [0.2, 0.25) is 0 Å². The van der Waals surface area contributed by atoms with Crippen molar-refractivity contribution in [2.75, 3.05) is 26.9 Å². The van der Waals surface area contributed by atoms with E-state index >= 15 is 0 Å². The molecule has 0 amide bonds. The molecule has 1 aliphatic carbocycles. The zero-order valence-electron chi connectivity index (χ0n) is 19.2. The number of carbonyl (C=O) groups excluding carboxylic acids is 1. The van der Waals surface area contributed by atoms with Crippen molar-refractivity contribution in [3.63, 3.8) is 0 Å². The summed E-state index contributed by atoms with van der Waals surface area (Å²) in [7, 11) is 1.69. The number of allylic oxidation sites excluding steroid dienone is 3. The largest absolute Gasteiger partial charge is 0.508 e. The van der Waals surface area contributed by atoms with Gasteiger partial charge in [0.05, 0.1) is 6.61 Å². The van der Waals surface area contributed by atoms with Crippen LogP contribution in [-0.4, -0.2) is 48.5 Å². The molecule has 5 heteroatoms. The van der Waals surface area contributed by atoms with Gasteiger partial charge in [-0.2, -0.15) is 0 Å². The summed E-state index contributed by atoms with van der Waals surface area (Å²) in [6.45, 7) is 12.1. The molecule has 0 bridgehead atoms. The van der Waals surface area contributed by atoms with E-state index in [1.54, 1.807) is 21.0 Å². The Morgan fingerprint density at radius 3 is 2.37 bits per heavy atom. The maximum atomic E-state index is 9.91. The van der Waals surface area contributed by atoms with Gasteiger partial charge in [-0.05, 0) is 54.9 Å². The number of hydrogen-bond donors (Lipinski definition) is 3. The van der Waals surface area contributed by atoms with Crippen LogP contribution < -0.4 is 0 Å². The van der Waals surface area contributed by atoms with Gasteiger partial charge in [-0.15, -0.1) is 0 Å². The summed E-state index contributed by atoms with van der Waals surface area (Å²) in [4.78, 5) is 9.41. The lowest BCUT2D eigenvalue weighted by atomic mass is 9.72. The molecular weight excluding hydrogens is 380 g/mol. The molecule has 30 heavy (non-hydrogen) atoms. The highest BCUT2D eigenvalue weighted by molar-refractivity contribution is 5.70. The SMILES string of the molecule is C=C(C)C=O.CC(CO)CO.COCCc1cc([C@]2(C)C=CC(C)CC2)ccc1O. The molecule has 2 atom stereocenters. The number of carbonyl (C=O) groups is 1. The number of hydrogen-bond acceptors (Lipinski definition) is 5. The van der Waals surface area contributed by atoms with Gasteiger partial charge in [-0.3, -0.25) is 4.79 Å². The Balaban J connectivity index is 0.000000634. The predicted octanol–water partition coefficient (Wildman–Crippen LogP) is 4.19. The maximum Gasteiger partial charge on any atom is 0.145 e. The molecule has 0 saturated heterocycles. The molecule has 0 radical (unpaired) electrons. The first-order valence-electron chi connectivity index (χ1n) is 10.5. The third-order valence-electron chi connectivity index (χ3n) is 5.05. The maximum absolute atomic E-state index is 9.91. The van der Waals surface area contributed by atoms with Crippen molar-refractivity contribution in [3.05, 3.63) is 53.6 Å². The normalized spacial score (nSPS) is 19.9. The summed E-state index contributed by atoms with van der Waals surface area (Å²) in [5.74, 6) is 1.10. The van der Waals surface area contributed by atoms with Crippen molar-refractivity contribution < 1.29 is 24.9 Å². The van der Waals surface area contributed by atoms with Gasteiger partial charge in [0.25, 0.3) is 0 Å². The van der Waals surface area contributed by atoms with E-state index < -0.39 is 0 Å². The molecule has 2 rings (SSSR count). The number of phenols is 1. The Morgan fingerprint density at radius 2 is 1.97 bits per heavy atom. The molecule has 0 heterocycles. The summed E-state index contributed by atoms with van der Waals surface area (Å²) in [6.07, 6.45) is 8.51. The van der Waals surface area contributed by atoms with E-state index in [1.807, 2.05) is 12.1 Å². The predicted molar refractivity (Wildman–Crippen MR) is 123 cm³/mol. The number of aliphatic hydroxyl groups is 2. The first-order chi connectivity index (χ1) is 14.1. The van der Waals surface area contributed by atoms with Crippen molar-refractivity contribution in [1.82, 2.24) is 0 Å². The van der Waals surface area contributed by atoms with E-state index in [0.717, 1.165) is 18.3 Å². The van der Waals surface area contributed by atoms with Gasteiger partial charge < -0.3 is 20.1 Å². The second-order valence-corrected chi connectivity index (χ2v) is 8.31. The van der Waals surface area contributed by atoms with E-state index in [0.29, 0.717) is 23.8 Å². The molecule has 1 aromatic rings. The summed E-state index contributed by atoms with van der Waals surface area (Å²) < 4.78 is 5.10. The van der Waals surface area contributed by atoms with Gasteiger partial charge >= 0.3 is 0 Å². The number of benzene rings is 1. The average molecular weight is 421 g/mol. The standard InChI is InChI=1S/C17H24O2.C4H10O2.C4H6O/c1-13-6-9-17(2,10-7-13)15-4-5-16(18)14(12-15)8-11-19-3;1-4(2-5)3-6;1-4(2)3-5/h4-6,9,12-13,18H,7-8,10-11H2,1-3H3;4-6H,2-3H2,1H3;3H,1H2,2H3/t13?,17-;;/m1../s1. The van der Waals surface area contributed by atoms with Gasteiger partial charge in [-0.1, -0.05) is 51.6 Å². The molecule has 5 nitrogen and oxygen atoms in total. The molecule has 0 fully saturated rings. The van der Waals surface area contributed by atoms with Crippen LogP contribution >= 0.6 is 0 Å². The monoisotopic (exact) mass is 420 g/mol. The first kappa shape index (κ1) is 28.1. The minimum atomic E-state index is 0.0463. The van der Waals surface area contributed by atoms with Crippen molar-refractivity contribution in [3.8, 4) is 5.75 Å². The topological polar surface area (TPSA) is 87.0 Å². The van der Waals surface area contributed by atoms with Gasteiger partial charge in [0.1, 0.15) is 12.0 Å².